The number of hydrogen-bond donors (Lipinski definition) is 1. The smallest absolute Gasteiger partial charge is 0.260 e. The van der Waals surface area contributed by atoms with Crippen LogP contribution in [0.2, 0.25) is 10.0 Å². The lowest BCUT2D eigenvalue weighted by Gasteiger charge is -2.38. The third-order valence-corrected chi connectivity index (χ3v) is 6.13. The Morgan fingerprint density at radius 2 is 1.82 bits per heavy atom. The fourth-order valence-electron chi connectivity index (χ4n) is 3.16. The second-order valence-electron chi connectivity index (χ2n) is 6.93. The number of nitrogens with zero attached hydrogens (tertiary/aromatic N) is 1. The van der Waals surface area contributed by atoms with Crippen molar-refractivity contribution in [1.29, 1.82) is 0 Å². The molecule has 1 N–H and O–H groups in total. The molecule has 1 unspecified atom stereocenters. The lowest BCUT2D eigenvalue weighted by molar-refractivity contribution is -0.118. The SMILES string of the molecule is CC(C)C1C(=O)Nc2cc(S(C)(=O)=O)ccc2N1C(=O)c1ccc(Cl)cc1Cl. The van der Waals surface area contributed by atoms with Crippen molar-refractivity contribution in [3.05, 3.63) is 52.0 Å². The third kappa shape index (κ3) is 3.74. The average Bonchev–Trinajstić information content (AvgIpc) is 2.58. The molecule has 1 atom stereocenters. The van der Waals surface area contributed by atoms with Gasteiger partial charge in [-0.25, -0.2) is 8.42 Å². The molecule has 0 saturated heterocycles. The number of nitrogens with one attached hydrogen (secondary N) is 1. The summed E-state index contributed by atoms with van der Waals surface area (Å²) in [6, 6.07) is 8.00. The standard InChI is InChI=1S/C19H18Cl2N2O4S/c1-10(2)17-18(24)22-15-9-12(28(3,26)27)5-7-16(15)23(17)19(25)13-6-4-11(20)8-14(13)21/h4-10,17H,1-3H3,(H,22,24). The number of benzene rings is 2. The van der Waals surface area contributed by atoms with Crippen LogP contribution in [-0.2, 0) is 14.6 Å². The van der Waals surface area contributed by atoms with Gasteiger partial charge in [-0.1, -0.05) is 37.0 Å². The van der Waals surface area contributed by atoms with Crippen LogP contribution in [0, 0.1) is 5.92 Å². The van der Waals surface area contributed by atoms with Crippen LogP contribution in [0.15, 0.2) is 41.3 Å². The maximum absolute atomic E-state index is 13.3. The first kappa shape index (κ1) is 20.6. The Balaban J connectivity index is 2.19. The number of carbonyl (C=O) groups excluding carboxylic acids is 2. The number of anilines is 2. The van der Waals surface area contributed by atoms with Gasteiger partial charge in [-0.2, -0.15) is 0 Å². The molecule has 9 heteroatoms. The Bertz CT molecular complexity index is 1080. The quantitative estimate of drug-likeness (QED) is 0.780. The van der Waals surface area contributed by atoms with Crippen molar-refractivity contribution in [3.63, 3.8) is 0 Å². The van der Waals surface area contributed by atoms with E-state index < -0.39 is 27.7 Å². The van der Waals surface area contributed by atoms with E-state index in [1.54, 1.807) is 6.07 Å². The van der Waals surface area contributed by atoms with E-state index in [0.29, 0.717) is 10.7 Å². The van der Waals surface area contributed by atoms with E-state index in [-0.39, 0.29) is 27.1 Å². The molecule has 0 radical (unpaired) electrons. The van der Waals surface area contributed by atoms with Crippen molar-refractivity contribution in [2.45, 2.75) is 24.8 Å². The monoisotopic (exact) mass is 440 g/mol. The lowest BCUT2D eigenvalue weighted by atomic mass is 9.96. The molecule has 1 aliphatic rings. The molecule has 6 nitrogen and oxygen atoms in total. The van der Waals surface area contributed by atoms with Gasteiger partial charge in [0.1, 0.15) is 6.04 Å². The Labute approximate surface area is 173 Å². The van der Waals surface area contributed by atoms with E-state index in [4.69, 9.17) is 23.2 Å². The van der Waals surface area contributed by atoms with Crippen LogP contribution in [0.5, 0.6) is 0 Å². The number of carbonyl (C=O) groups is 2. The van der Waals surface area contributed by atoms with Crippen LogP contribution < -0.4 is 10.2 Å². The molecule has 0 aliphatic carbocycles. The van der Waals surface area contributed by atoms with Gasteiger partial charge in [-0.05, 0) is 42.3 Å². The summed E-state index contributed by atoms with van der Waals surface area (Å²) in [5.41, 5.74) is 0.856. The molecule has 1 aliphatic heterocycles. The number of sulfone groups is 1. The molecular formula is C19H18Cl2N2O4S. The molecule has 2 aromatic carbocycles. The average molecular weight is 441 g/mol. The van der Waals surface area contributed by atoms with E-state index in [2.05, 4.69) is 5.32 Å². The minimum absolute atomic E-state index is 0.0477. The zero-order chi connectivity index (χ0) is 20.8. The number of fused-ring (bicyclic) bond motifs is 1. The van der Waals surface area contributed by atoms with Crippen LogP contribution in [0.4, 0.5) is 11.4 Å². The third-order valence-electron chi connectivity index (χ3n) is 4.47. The zero-order valence-corrected chi connectivity index (χ0v) is 17.7. The van der Waals surface area contributed by atoms with Gasteiger partial charge in [0.15, 0.2) is 9.84 Å². The largest absolute Gasteiger partial charge is 0.322 e. The topological polar surface area (TPSA) is 83.6 Å². The maximum Gasteiger partial charge on any atom is 0.260 e. The van der Waals surface area contributed by atoms with Crippen molar-refractivity contribution < 1.29 is 18.0 Å². The molecule has 2 amide bonds. The fourth-order valence-corrected chi connectivity index (χ4v) is 4.30. The molecule has 148 valence electrons. The molecule has 0 fully saturated rings. The first-order valence-corrected chi connectivity index (χ1v) is 11.1. The predicted molar refractivity (Wildman–Crippen MR) is 110 cm³/mol. The number of halogens is 2. The second kappa shape index (κ2) is 7.39. The van der Waals surface area contributed by atoms with Crippen LogP contribution in [0.1, 0.15) is 24.2 Å². The van der Waals surface area contributed by atoms with Crippen molar-refractivity contribution in [2.24, 2.45) is 5.92 Å². The summed E-state index contributed by atoms with van der Waals surface area (Å²) in [4.78, 5) is 27.5. The van der Waals surface area contributed by atoms with E-state index in [9.17, 15) is 18.0 Å². The molecule has 0 bridgehead atoms. The molecule has 3 rings (SSSR count). The summed E-state index contributed by atoms with van der Waals surface area (Å²) in [7, 11) is -3.48. The van der Waals surface area contributed by atoms with Crippen molar-refractivity contribution in [1.82, 2.24) is 0 Å². The van der Waals surface area contributed by atoms with Gasteiger partial charge >= 0.3 is 0 Å². The van der Waals surface area contributed by atoms with Gasteiger partial charge in [0.05, 0.1) is 26.9 Å². The zero-order valence-electron chi connectivity index (χ0n) is 15.4. The Kier molecular flexibility index (Phi) is 5.44. The van der Waals surface area contributed by atoms with E-state index in [1.807, 2.05) is 13.8 Å². The minimum Gasteiger partial charge on any atom is -0.322 e. The molecule has 28 heavy (non-hydrogen) atoms. The number of amides is 2. The highest BCUT2D eigenvalue weighted by molar-refractivity contribution is 7.90. The van der Waals surface area contributed by atoms with Crippen molar-refractivity contribution >= 4 is 56.2 Å². The molecule has 2 aromatic rings. The Morgan fingerprint density at radius 3 is 2.39 bits per heavy atom. The summed E-state index contributed by atoms with van der Waals surface area (Å²) in [6.45, 7) is 3.65. The highest BCUT2D eigenvalue weighted by Crippen LogP contribution is 2.38. The first-order chi connectivity index (χ1) is 13.0. The van der Waals surface area contributed by atoms with Crippen molar-refractivity contribution in [2.75, 3.05) is 16.5 Å². The van der Waals surface area contributed by atoms with Crippen molar-refractivity contribution in [3.8, 4) is 0 Å². The van der Waals surface area contributed by atoms with Gasteiger partial charge < -0.3 is 5.32 Å². The summed E-state index contributed by atoms with van der Waals surface area (Å²) in [6.07, 6.45) is 1.08. The summed E-state index contributed by atoms with van der Waals surface area (Å²) < 4.78 is 23.7. The summed E-state index contributed by atoms with van der Waals surface area (Å²) >= 11 is 12.1. The van der Waals surface area contributed by atoms with Crippen LogP contribution in [0.3, 0.4) is 0 Å². The summed E-state index contributed by atoms with van der Waals surface area (Å²) in [5.74, 6) is -1.06. The van der Waals surface area contributed by atoms with E-state index >= 15 is 0 Å². The number of rotatable bonds is 3. The van der Waals surface area contributed by atoms with E-state index in [0.717, 1.165) is 6.26 Å². The van der Waals surface area contributed by atoms with Gasteiger partial charge in [0.2, 0.25) is 5.91 Å². The highest BCUT2D eigenvalue weighted by Gasteiger charge is 2.40. The summed E-state index contributed by atoms with van der Waals surface area (Å²) in [5, 5.41) is 3.27. The van der Waals surface area contributed by atoms with Crippen LogP contribution >= 0.6 is 23.2 Å². The first-order valence-electron chi connectivity index (χ1n) is 8.44. The highest BCUT2D eigenvalue weighted by atomic mass is 35.5. The molecule has 0 spiro atoms. The normalized spacial score (nSPS) is 16.7. The predicted octanol–water partition coefficient (Wildman–Crippen LogP) is 4.02. The maximum atomic E-state index is 13.3. The van der Waals surface area contributed by atoms with Gasteiger partial charge in [0, 0.05) is 11.3 Å². The van der Waals surface area contributed by atoms with E-state index in [1.165, 1.54) is 35.2 Å². The number of hydrogen-bond acceptors (Lipinski definition) is 4. The van der Waals surface area contributed by atoms with Gasteiger partial charge in [0.25, 0.3) is 5.91 Å². The lowest BCUT2D eigenvalue weighted by Crippen LogP contribution is -2.53. The Morgan fingerprint density at radius 1 is 1.14 bits per heavy atom. The second-order valence-corrected chi connectivity index (χ2v) is 9.79. The molecule has 0 saturated carbocycles. The fraction of sp³-hybridized carbons (Fsp3) is 0.263. The molecular weight excluding hydrogens is 423 g/mol. The van der Waals surface area contributed by atoms with Crippen LogP contribution in [0.25, 0.3) is 0 Å². The Hall–Kier alpha value is -2.09. The minimum atomic E-state index is -3.48. The molecule has 0 aromatic heterocycles. The van der Waals surface area contributed by atoms with Gasteiger partial charge in [-0.3, -0.25) is 14.5 Å². The van der Waals surface area contributed by atoms with Gasteiger partial charge in [-0.15, -0.1) is 0 Å². The molecule has 1 heterocycles. The van der Waals surface area contributed by atoms with Crippen LogP contribution in [-0.4, -0.2) is 32.5 Å².